The molecule has 1 fully saturated rings. The first-order valence-corrected chi connectivity index (χ1v) is 14.6. The van der Waals surface area contributed by atoms with Crippen LogP contribution in [0.25, 0.3) is 0 Å². The zero-order valence-corrected chi connectivity index (χ0v) is 24.6. The highest BCUT2D eigenvalue weighted by Gasteiger charge is 2.48. The lowest BCUT2D eigenvalue weighted by molar-refractivity contribution is -0.150. The maximum Gasteiger partial charge on any atom is 0.308 e. The van der Waals surface area contributed by atoms with Crippen LogP contribution in [0.3, 0.4) is 0 Å². The number of aromatic nitrogens is 1. The number of carbonyl (C=O) groups is 3. The third-order valence-corrected chi connectivity index (χ3v) is 8.64. The van der Waals surface area contributed by atoms with Crippen LogP contribution in [0.2, 0.25) is 0 Å². The molecule has 2 aliphatic rings. The number of rotatable bonds is 11. The van der Waals surface area contributed by atoms with Gasteiger partial charge in [-0.05, 0) is 45.1 Å². The number of amides is 2. The minimum Gasteiger partial charge on any atom is -0.451 e. The zero-order chi connectivity index (χ0) is 30.6. The average Bonchev–Trinajstić information content (AvgIpc) is 3.05. The minimum atomic E-state index is -0.852. The van der Waals surface area contributed by atoms with E-state index < -0.39 is 47.2 Å². The Bertz CT molecular complexity index is 1410. The first-order chi connectivity index (χ1) is 20.0. The van der Waals surface area contributed by atoms with Crippen molar-refractivity contribution in [1.29, 1.82) is 0 Å². The van der Waals surface area contributed by atoms with Crippen molar-refractivity contribution in [2.24, 2.45) is 5.92 Å². The van der Waals surface area contributed by atoms with Crippen LogP contribution in [0.5, 0.6) is 5.75 Å². The smallest absolute Gasteiger partial charge is 0.308 e. The Hall–Kier alpha value is -3.76. The summed E-state index contributed by atoms with van der Waals surface area (Å²) < 4.78 is 40.1. The number of benzene rings is 1. The Morgan fingerprint density at radius 3 is 2.60 bits per heavy atom. The number of halogens is 2. The monoisotopic (exact) mass is 587 g/mol. The molecule has 2 aromatic rings. The first kappa shape index (κ1) is 31.2. The van der Waals surface area contributed by atoms with E-state index in [0.29, 0.717) is 19.0 Å². The second-order valence-electron chi connectivity index (χ2n) is 11.5. The minimum absolute atomic E-state index is 0.00512. The zero-order valence-electron chi connectivity index (χ0n) is 24.6. The number of hydrogen-bond donors (Lipinski definition) is 1. The molecular formula is C31H39F2N3O6. The fourth-order valence-corrected chi connectivity index (χ4v) is 5.68. The number of pyridine rings is 1. The van der Waals surface area contributed by atoms with E-state index >= 15 is 0 Å². The van der Waals surface area contributed by atoms with Crippen LogP contribution in [0, 0.1) is 17.6 Å². The lowest BCUT2D eigenvalue weighted by atomic mass is 9.82. The molecular weight excluding hydrogens is 548 g/mol. The number of unbranched alkanes of at least 4 members (excludes halogenated alkanes) is 3. The van der Waals surface area contributed by atoms with Crippen molar-refractivity contribution in [3.05, 3.63) is 63.1 Å². The molecule has 2 bridgehead atoms. The van der Waals surface area contributed by atoms with E-state index in [1.807, 2.05) is 13.8 Å². The van der Waals surface area contributed by atoms with E-state index in [4.69, 9.17) is 9.47 Å². The number of esters is 1. The number of fused-ring (bicyclic) bond motifs is 4. The highest BCUT2D eigenvalue weighted by atomic mass is 19.1. The maximum absolute atomic E-state index is 14.2. The molecule has 1 saturated heterocycles. The van der Waals surface area contributed by atoms with Crippen molar-refractivity contribution >= 4 is 17.8 Å². The first-order valence-electron chi connectivity index (χ1n) is 14.6. The van der Waals surface area contributed by atoms with E-state index in [0.717, 1.165) is 38.2 Å². The van der Waals surface area contributed by atoms with Crippen LogP contribution in [-0.2, 0) is 21.6 Å². The fourth-order valence-electron chi connectivity index (χ4n) is 5.68. The topological polar surface area (TPSA) is 107 Å². The van der Waals surface area contributed by atoms with Gasteiger partial charge in [0.05, 0.1) is 5.54 Å². The van der Waals surface area contributed by atoms with Gasteiger partial charge in [-0.3, -0.25) is 19.2 Å². The van der Waals surface area contributed by atoms with Gasteiger partial charge in [0, 0.05) is 43.4 Å². The van der Waals surface area contributed by atoms with Crippen molar-refractivity contribution in [3.63, 3.8) is 0 Å². The van der Waals surface area contributed by atoms with Gasteiger partial charge in [0.2, 0.25) is 18.0 Å². The molecule has 3 heterocycles. The van der Waals surface area contributed by atoms with Gasteiger partial charge in [0.25, 0.3) is 11.8 Å². The molecule has 2 aliphatic heterocycles. The van der Waals surface area contributed by atoms with E-state index in [-0.39, 0.29) is 47.5 Å². The predicted molar refractivity (Wildman–Crippen MR) is 151 cm³/mol. The molecule has 11 heteroatoms. The van der Waals surface area contributed by atoms with Crippen LogP contribution >= 0.6 is 0 Å². The van der Waals surface area contributed by atoms with E-state index in [9.17, 15) is 28.0 Å². The molecule has 1 aromatic carbocycles. The number of nitrogens with zero attached hydrogens (tertiary/aromatic N) is 2. The van der Waals surface area contributed by atoms with E-state index in [2.05, 4.69) is 19.2 Å². The lowest BCUT2D eigenvalue weighted by Gasteiger charge is -2.46. The van der Waals surface area contributed by atoms with Crippen LogP contribution in [0.4, 0.5) is 8.78 Å². The predicted octanol–water partition coefficient (Wildman–Crippen LogP) is 4.90. The van der Waals surface area contributed by atoms with Gasteiger partial charge in [0.1, 0.15) is 17.2 Å². The number of hydrogen-bond acceptors (Lipinski definition) is 6. The summed E-state index contributed by atoms with van der Waals surface area (Å²) in [4.78, 5) is 54.8. The molecule has 4 rings (SSSR count). The van der Waals surface area contributed by atoms with Crippen molar-refractivity contribution in [2.75, 3.05) is 13.3 Å². The van der Waals surface area contributed by atoms with Crippen molar-refractivity contribution in [3.8, 4) is 5.75 Å². The van der Waals surface area contributed by atoms with Crippen molar-refractivity contribution in [1.82, 2.24) is 14.8 Å². The second-order valence-corrected chi connectivity index (χ2v) is 11.5. The molecule has 1 aromatic heterocycles. The standard InChI is InChI=1S/C31H39F2N3O6/c1-5-6-7-8-9-25(37)41-18-42-28-26-30(40)35-17-31(4,19(2)10-11-20(35)3)36(26)16-23(27(28)38)29(39)34-15-21-12-13-22(32)14-24(21)33/h12-14,16,19-20H,5-11,15,17-18H2,1-4H3,(H,34,39). The largest absolute Gasteiger partial charge is 0.451 e. The molecule has 2 amide bonds. The molecule has 3 atom stereocenters. The molecule has 0 radical (unpaired) electrons. The highest BCUT2D eigenvalue weighted by molar-refractivity contribution is 5.99. The Kier molecular flexibility index (Phi) is 9.68. The number of ether oxygens (including phenoxy) is 2. The number of nitrogens with one attached hydrogen (secondary N) is 1. The molecule has 228 valence electrons. The van der Waals surface area contributed by atoms with Gasteiger partial charge in [-0.2, -0.15) is 0 Å². The van der Waals surface area contributed by atoms with Gasteiger partial charge >= 0.3 is 5.97 Å². The summed E-state index contributed by atoms with van der Waals surface area (Å²) >= 11 is 0. The van der Waals surface area contributed by atoms with Crippen LogP contribution in [-0.4, -0.2) is 46.6 Å². The summed E-state index contributed by atoms with van der Waals surface area (Å²) in [6.07, 6.45) is 6.72. The highest BCUT2D eigenvalue weighted by Crippen LogP contribution is 2.41. The maximum atomic E-state index is 14.2. The van der Waals surface area contributed by atoms with Gasteiger partial charge in [-0.15, -0.1) is 0 Å². The van der Waals surface area contributed by atoms with Crippen molar-refractivity contribution < 1.29 is 32.6 Å². The van der Waals surface area contributed by atoms with Crippen LogP contribution in [0.15, 0.2) is 29.2 Å². The quantitative estimate of drug-likeness (QED) is 0.228. The lowest BCUT2D eigenvalue weighted by Crippen LogP contribution is -2.56. The molecule has 9 nitrogen and oxygen atoms in total. The average molecular weight is 588 g/mol. The SMILES string of the molecule is CCCCCCC(=O)OCOc1c2n(cc(C(=O)NCc3ccc(F)cc3F)c1=O)C1(C)CN(C2=O)C(C)CCC1C. The summed E-state index contributed by atoms with van der Waals surface area (Å²) in [5, 5.41) is 2.52. The Morgan fingerprint density at radius 2 is 1.88 bits per heavy atom. The Labute approximate surface area is 244 Å². The Morgan fingerprint density at radius 1 is 1.12 bits per heavy atom. The second kappa shape index (κ2) is 13.0. The molecule has 0 aliphatic carbocycles. The molecule has 1 N–H and O–H groups in total. The van der Waals surface area contributed by atoms with Crippen LogP contribution < -0.4 is 15.5 Å². The van der Waals surface area contributed by atoms with Crippen molar-refractivity contribution in [2.45, 2.75) is 90.8 Å². The van der Waals surface area contributed by atoms with Gasteiger partial charge in [-0.25, -0.2) is 8.78 Å². The normalized spacial score (nSPS) is 21.4. The summed E-state index contributed by atoms with van der Waals surface area (Å²) in [7, 11) is 0. The molecule has 0 saturated carbocycles. The molecule has 3 unspecified atom stereocenters. The number of carbonyl (C=O) groups excluding carboxylic acids is 3. The third kappa shape index (κ3) is 6.34. The Balaban J connectivity index is 1.68. The van der Waals surface area contributed by atoms with Crippen LogP contribution in [0.1, 0.15) is 99.1 Å². The summed E-state index contributed by atoms with van der Waals surface area (Å²) in [6, 6.07) is 2.91. The van der Waals surface area contributed by atoms with Gasteiger partial charge < -0.3 is 24.3 Å². The molecule has 0 spiro atoms. The third-order valence-electron chi connectivity index (χ3n) is 8.64. The fraction of sp³-hybridized carbons (Fsp3) is 0.548. The van der Waals surface area contributed by atoms with Gasteiger partial charge in [0.15, 0.2) is 5.69 Å². The van der Waals surface area contributed by atoms with E-state index in [1.54, 1.807) is 9.47 Å². The summed E-state index contributed by atoms with van der Waals surface area (Å²) in [5.74, 6) is -3.62. The summed E-state index contributed by atoms with van der Waals surface area (Å²) in [6.45, 7) is 7.53. The van der Waals surface area contributed by atoms with E-state index in [1.165, 1.54) is 12.3 Å². The summed E-state index contributed by atoms with van der Waals surface area (Å²) in [5.41, 5.74) is -1.80. The van der Waals surface area contributed by atoms with Gasteiger partial charge in [-0.1, -0.05) is 39.2 Å². The molecule has 42 heavy (non-hydrogen) atoms.